The largest absolute Gasteiger partial charge is 0.505 e. The summed E-state index contributed by atoms with van der Waals surface area (Å²) in [7, 11) is -0.375. The first-order chi connectivity index (χ1) is 8.80. The minimum Gasteiger partial charge on any atom is -0.399 e. The van der Waals surface area contributed by atoms with Crippen LogP contribution >= 0.6 is 22.9 Å². The van der Waals surface area contributed by atoms with Gasteiger partial charge in [-0.15, -0.1) is 11.3 Å². The van der Waals surface area contributed by atoms with Crippen molar-refractivity contribution < 1.29 is 9.31 Å². The van der Waals surface area contributed by atoms with E-state index in [4.69, 9.17) is 20.9 Å². The molecule has 1 saturated heterocycles. The van der Waals surface area contributed by atoms with Crippen LogP contribution in [-0.2, 0) is 9.31 Å². The summed E-state index contributed by atoms with van der Waals surface area (Å²) in [5, 5.41) is 0.470. The Bertz CT molecular complexity index is 628. The predicted octanol–water partition coefficient (Wildman–Crippen LogP) is 2.64. The van der Waals surface area contributed by atoms with Crippen molar-refractivity contribution in [2.75, 3.05) is 0 Å². The Labute approximate surface area is 121 Å². The topological polar surface area (TPSA) is 44.2 Å². The lowest BCUT2D eigenvalue weighted by atomic mass is 9.88. The molecule has 0 atom stereocenters. The van der Waals surface area contributed by atoms with Crippen LogP contribution in [0.3, 0.4) is 0 Å². The Morgan fingerprint density at radius 3 is 2.37 bits per heavy atom. The summed E-state index contributed by atoms with van der Waals surface area (Å²) in [6, 6.07) is 1.95. The van der Waals surface area contributed by atoms with Gasteiger partial charge in [0.05, 0.1) is 21.4 Å². The van der Waals surface area contributed by atoms with Crippen molar-refractivity contribution in [3.8, 4) is 0 Å². The Balaban J connectivity index is 2.01. The van der Waals surface area contributed by atoms with Crippen LogP contribution in [-0.4, -0.2) is 28.3 Å². The molecule has 0 saturated carbocycles. The van der Waals surface area contributed by atoms with E-state index in [1.54, 1.807) is 0 Å². The molecule has 0 radical (unpaired) electrons. The standard InChI is InChI=1S/C12H14BClN2O2S/c1-11(2)12(3,4)18-13(17-11)8-5-7-9(19-8)10(14)16-6-15-7/h5-6H,1-4H3. The van der Waals surface area contributed by atoms with Crippen LogP contribution in [0.15, 0.2) is 12.4 Å². The number of fused-ring (bicyclic) bond motifs is 1. The van der Waals surface area contributed by atoms with Gasteiger partial charge in [0.2, 0.25) is 0 Å². The molecule has 0 unspecified atom stereocenters. The van der Waals surface area contributed by atoms with Crippen molar-refractivity contribution in [3.63, 3.8) is 0 Å². The van der Waals surface area contributed by atoms with Crippen molar-refractivity contribution in [1.29, 1.82) is 0 Å². The molecule has 0 amide bonds. The van der Waals surface area contributed by atoms with Crippen molar-refractivity contribution in [2.45, 2.75) is 38.9 Å². The number of aromatic nitrogens is 2. The van der Waals surface area contributed by atoms with E-state index in [-0.39, 0.29) is 18.3 Å². The normalized spacial score (nSPS) is 21.2. The van der Waals surface area contributed by atoms with E-state index >= 15 is 0 Å². The Morgan fingerprint density at radius 1 is 1.16 bits per heavy atom. The molecule has 2 aromatic rings. The first-order valence-corrected chi connectivity index (χ1v) is 7.25. The molecular weight excluding hydrogens is 282 g/mol. The lowest BCUT2D eigenvalue weighted by Gasteiger charge is -2.32. The first kappa shape index (κ1) is 13.3. The van der Waals surface area contributed by atoms with Crippen LogP contribution in [0.2, 0.25) is 5.15 Å². The summed E-state index contributed by atoms with van der Waals surface area (Å²) >= 11 is 7.58. The lowest BCUT2D eigenvalue weighted by molar-refractivity contribution is 0.00578. The van der Waals surface area contributed by atoms with Crippen LogP contribution in [0.1, 0.15) is 27.7 Å². The fraction of sp³-hybridized carbons (Fsp3) is 0.500. The molecule has 0 aromatic carbocycles. The summed E-state index contributed by atoms with van der Waals surface area (Å²) in [4.78, 5) is 8.20. The molecule has 3 heterocycles. The highest BCUT2D eigenvalue weighted by Crippen LogP contribution is 2.37. The van der Waals surface area contributed by atoms with Gasteiger partial charge in [0.1, 0.15) is 11.5 Å². The fourth-order valence-electron chi connectivity index (χ4n) is 1.92. The zero-order chi connectivity index (χ0) is 13.8. The van der Waals surface area contributed by atoms with E-state index in [0.29, 0.717) is 5.15 Å². The molecule has 1 aliphatic heterocycles. The van der Waals surface area contributed by atoms with Crippen LogP contribution in [0, 0.1) is 0 Å². The molecule has 0 bridgehead atoms. The number of hydrogen-bond acceptors (Lipinski definition) is 5. The monoisotopic (exact) mass is 296 g/mol. The smallest absolute Gasteiger partial charge is 0.399 e. The summed E-state index contributed by atoms with van der Waals surface area (Å²) < 4.78 is 13.9. The number of hydrogen-bond donors (Lipinski definition) is 0. The average molecular weight is 297 g/mol. The molecule has 19 heavy (non-hydrogen) atoms. The van der Waals surface area contributed by atoms with Crippen LogP contribution in [0.4, 0.5) is 0 Å². The van der Waals surface area contributed by atoms with Gasteiger partial charge in [0.15, 0.2) is 0 Å². The molecule has 0 spiro atoms. The Kier molecular flexibility index (Phi) is 2.91. The highest BCUT2D eigenvalue weighted by Gasteiger charge is 2.52. The van der Waals surface area contributed by atoms with Gasteiger partial charge in [0.25, 0.3) is 0 Å². The molecule has 2 aromatic heterocycles. The number of nitrogens with zero attached hydrogens (tertiary/aromatic N) is 2. The number of rotatable bonds is 1. The van der Waals surface area contributed by atoms with Crippen LogP contribution < -0.4 is 4.78 Å². The number of thiophene rings is 1. The van der Waals surface area contributed by atoms with E-state index in [9.17, 15) is 0 Å². The summed E-state index contributed by atoms with van der Waals surface area (Å²) in [5.74, 6) is 0. The van der Waals surface area contributed by atoms with E-state index in [2.05, 4.69) is 9.97 Å². The second kappa shape index (κ2) is 4.15. The van der Waals surface area contributed by atoms with E-state index in [0.717, 1.165) is 15.0 Å². The molecule has 4 nitrogen and oxygen atoms in total. The van der Waals surface area contributed by atoms with E-state index in [1.165, 1.54) is 17.7 Å². The second-order valence-electron chi connectivity index (χ2n) is 5.62. The SMILES string of the molecule is CC1(C)OB(c2cc3ncnc(Cl)c3s2)OC1(C)C. The maximum atomic E-state index is 6.07. The van der Waals surface area contributed by atoms with Gasteiger partial charge < -0.3 is 9.31 Å². The average Bonchev–Trinajstić information content (AvgIpc) is 2.80. The first-order valence-electron chi connectivity index (χ1n) is 6.06. The van der Waals surface area contributed by atoms with Crippen molar-refractivity contribution in [3.05, 3.63) is 17.5 Å². The van der Waals surface area contributed by atoms with Crippen LogP contribution in [0.5, 0.6) is 0 Å². The van der Waals surface area contributed by atoms with Gasteiger partial charge >= 0.3 is 7.12 Å². The third kappa shape index (κ3) is 2.07. The zero-order valence-corrected chi connectivity index (χ0v) is 12.8. The molecule has 0 aliphatic carbocycles. The van der Waals surface area contributed by atoms with E-state index < -0.39 is 0 Å². The van der Waals surface area contributed by atoms with Gasteiger partial charge in [-0.05, 0) is 33.8 Å². The third-order valence-electron chi connectivity index (χ3n) is 3.77. The zero-order valence-electron chi connectivity index (χ0n) is 11.2. The van der Waals surface area contributed by atoms with Crippen molar-refractivity contribution >= 4 is 45.0 Å². The minimum atomic E-state index is -0.375. The van der Waals surface area contributed by atoms with Gasteiger partial charge in [0, 0.05) is 4.78 Å². The van der Waals surface area contributed by atoms with Gasteiger partial charge in [-0.2, -0.15) is 0 Å². The molecule has 1 aliphatic rings. The maximum Gasteiger partial charge on any atom is 0.505 e. The fourth-order valence-corrected chi connectivity index (χ4v) is 3.13. The molecule has 100 valence electrons. The molecule has 0 N–H and O–H groups in total. The second-order valence-corrected chi connectivity index (χ2v) is 7.06. The quantitative estimate of drug-likeness (QED) is 0.599. The minimum absolute atomic E-state index is 0.344. The highest BCUT2D eigenvalue weighted by molar-refractivity contribution is 7.28. The Hall–Kier alpha value is -0.685. The summed E-state index contributed by atoms with van der Waals surface area (Å²) in [6.45, 7) is 8.14. The summed E-state index contributed by atoms with van der Waals surface area (Å²) in [5.41, 5.74) is 0.141. The Morgan fingerprint density at radius 2 is 1.79 bits per heavy atom. The molecule has 7 heteroatoms. The molecule has 3 rings (SSSR count). The maximum absolute atomic E-state index is 6.07. The van der Waals surface area contributed by atoms with Crippen LogP contribution in [0.25, 0.3) is 10.2 Å². The van der Waals surface area contributed by atoms with Gasteiger partial charge in [-0.3, -0.25) is 0 Å². The van der Waals surface area contributed by atoms with Crippen molar-refractivity contribution in [1.82, 2.24) is 9.97 Å². The molecular formula is C12H14BClN2O2S. The lowest BCUT2D eigenvalue weighted by Crippen LogP contribution is -2.41. The highest BCUT2D eigenvalue weighted by atomic mass is 35.5. The molecule has 1 fully saturated rings. The van der Waals surface area contributed by atoms with Gasteiger partial charge in [-0.1, -0.05) is 11.6 Å². The predicted molar refractivity (Wildman–Crippen MR) is 78.1 cm³/mol. The third-order valence-corrected chi connectivity index (χ3v) is 5.32. The van der Waals surface area contributed by atoms with Crippen molar-refractivity contribution in [2.24, 2.45) is 0 Å². The number of halogens is 1. The van der Waals surface area contributed by atoms with Gasteiger partial charge in [-0.25, -0.2) is 9.97 Å². The summed E-state index contributed by atoms with van der Waals surface area (Å²) in [6.07, 6.45) is 1.46. The van der Waals surface area contributed by atoms with E-state index in [1.807, 2.05) is 33.8 Å².